The second-order valence-electron chi connectivity index (χ2n) is 4.45. The van der Waals surface area contributed by atoms with Gasteiger partial charge in [-0.15, -0.1) is 0 Å². The van der Waals surface area contributed by atoms with Crippen molar-refractivity contribution in [2.45, 2.75) is 13.0 Å². The van der Waals surface area contributed by atoms with Crippen molar-refractivity contribution < 1.29 is 0 Å². The van der Waals surface area contributed by atoms with Crippen molar-refractivity contribution in [1.82, 2.24) is 15.3 Å². The van der Waals surface area contributed by atoms with Gasteiger partial charge in [-0.25, -0.2) is 4.98 Å². The highest BCUT2D eigenvalue weighted by atomic mass is 79.9. The van der Waals surface area contributed by atoms with Crippen LogP contribution in [0.2, 0.25) is 0 Å². The maximum absolute atomic E-state index is 4.75. The second kappa shape index (κ2) is 5.99. The molecule has 0 bridgehead atoms. The van der Waals surface area contributed by atoms with Gasteiger partial charge in [-0.05, 0) is 40.0 Å². The molecule has 0 aliphatic rings. The molecule has 0 amide bonds. The number of hydrogen-bond donors (Lipinski definition) is 1. The summed E-state index contributed by atoms with van der Waals surface area (Å²) >= 11 is 5.29. The Kier molecular flexibility index (Phi) is 4.10. The van der Waals surface area contributed by atoms with E-state index in [9.17, 15) is 0 Å². The van der Waals surface area contributed by atoms with E-state index in [1.807, 2.05) is 30.5 Å². The van der Waals surface area contributed by atoms with Gasteiger partial charge in [0.1, 0.15) is 0 Å². The van der Waals surface area contributed by atoms with Gasteiger partial charge in [-0.2, -0.15) is 11.3 Å². The molecule has 0 aliphatic heterocycles. The third-order valence-corrected chi connectivity index (χ3v) is 4.88. The van der Waals surface area contributed by atoms with Crippen molar-refractivity contribution in [1.29, 1.82) is 0 Å². The minimum absolute atomic E-state index is 0.0673. The quantitative estimate of drug-likeness (QED) is 0.770. The summed E-state index contributed by atoms with van der Waals surface area (Å²) in [7, 11) is 0. The van der Waals surface area contributed by atoms with Crippen LogP contribution in [0.15, 0.2) is 45.7 Å². The summed E-state index contributed by atoms with van der Waals surface area (Å²) < 4.78 is 1.11. The Labute approximate surface area is 130 Å². The number of aromatic nitrogens is 2. The largest absolute Gasteiger partial charge is 0.305 e. The van der Waals surface area contributed by atoms with E-state index < -0.39 is 0 Å². The second-order valence-corrected chi connectivity index (χ2v) is 6.05. The van der Waals surface area contributed by atoms with Gasteiger partial charge < -0.3 is 5.32 Å². The van der Waals surface area contributed by atoms with Crippen LogP contribution < -0.4 is 5.32 Å². The van der Waals surface area contributed by atoms with Crippen molar-refractivity contribution in [3.63, 3.8) is 0 Å². The lowest BCUT2D eigenvalue weighted by Crippen LogP contribution is -2.23. The highest BCUT2D eigenvalue weighted by Crippen LogP contribution is 2.31. The van der Waals surface area contributed by atoms with Crippen LogP contribution in [0, 0.1) is 0 Å². The summed E-state index contributed by atoms with van der Waals surface area (Å²) in [6.45, 7) is 2.98. The molecule has 0 spiro atoms. The van der Waals surface area contributed by atoms with Crippen LogP contribution in [-0.2, 0) is 0 Å². The lowest BCUT2D eigenvalue weighted by atomic mass is 10.1. The summed E-state index contributed by atoms with van der Waals surface area (Å²) in [5, 5.41) is 7.72. The van der Waals surface area contributed by atoms with Crippen molar-refractivity contribution in [3.8, 4) is 0 Å². The Balaban J connectivity index is 2.07. The Morgan fingerprint density at radius 2 is 2.05 bits per heavy atom. The van der Waals surface area contributed by atoms with Crippen molar-refractivity contribution in [3.05, 3.63) is 57.0 Å². The van der Waals surface area contributed by atoms with Gasteiger partial charge in [0.25, 0.3) is 0 Å². The lowest BCUT2D eigenvalue weighted by molar-refractivity contribution is 0.615. The van der Waals surface area contributed by atoms with E-state index in [0.717, 1.165) is 27.7 Å². The van der Waals surface area contributed by atoms with E-state index in [0.29, 0.717) is 0 Å². The number of nitrogens with zero attached hydrogens (tertiary/aromatic N) is 2. The predicted octanol–water partition coefficient (Wildman–Crippen LogP) is 4.15. The lowest BCUT2D eigenvalue weighted by Gasteiger charge is -2.17. The first kappa shape index (κ1) is 13.7. The monoisotopic (exact) mass is 347 g/mol. The normalized spacial score (nSPS) is 12.7. The molecule has 1 atom stereocenters. The molecular weight excluding hydrogens is 334 g/mol. The van der Waals surface area contributed by atoms with Gasteiger partial charge in [0.2, 0.25) is 0 Å². The van der Waals surface area contributed by atoms with E-state index >= 15 is 0 Å². The van der Waals surface area contributed by atoms with Crippen LogP contribution in [0.1, 0.15) is 24.2 Å². The molecule has 0 radical (unpaired) electrons. The molecule has 0 saturated heterocycles. The molecule has 102 valence electrons. The van der Waals surface area contributed by atoms with Crippen molar-refractivity contribution in [2.75, 3.05) is 6.54 Å². The third-order valence-electron chi connectivity index (χ3n) is 3.12. The van der Waals surface area contributed by atoms with Gasteiger partial charge in [0, 0.05) is 15.4 Å². The summed E-state index contributed by atoms with van der Waals surface area (Å²) in [6.07, 6.45) is 1.86. The highest BCUT2D eigenvalue weighted by Gasteiger charge is 2.18. The topological polar surface area (TPSA) is 37.8 Å². The van der Waals surface area contributed by atoms with E-state index in [4.69, 9.17) is 4.98 Å². The van der Waals surface area contributed by atoms with E-state index in [1.54, 1.807) is 11.3 Å². The van der Waals surface area contributed by atoms with Gasteiger partial charge in [-0.3, -0.25) is 4.98 Å². The zero-order valence-electron chi connectivity index (χ0n) is 11.0. The molecular formula is C15H14BrN3S. The number of fused-ring (bicyclic) bond motifs is 1. The number of halogens is 1. The fourth-order valence-electron chi connectivity index (χ4n) is 2.19. The van der Waals surface area contributed by atoms with E-state index in [1.165, 1.54) is 5.56 Å². The Bertz CT molecular complexity index is 726. The summed E-state index contributed by atoms with van der Waals surface area (Å²) in [5.41, 5.74) is 4.02. The number of benzene rings is 1. The smallest absolute Gasteiger partial charge is 0.0890 e. The first-order valence-electron chi connectivity index (χ1n) is 6.46. The molecule has 1 N–H and O–H groups in total. The summed E-state index contributed by atoms with van der Waals surface area (Å²) in [4.78, 5) is 9.26. The minimum Gasteiger partial charge on any atom is -0.305 e. The van der Waals surface area contributed by atoms with Crippen molar-refractivity contribution in [2.24, 2.45) is 0 Å². The molecule has 3 nitrogen and oxygen atoms in total. The number of rotatable bonds is 4. The van der Waals surface area contributed by atoms with E-state index in [-0.39, 0.29) is 6.04 Å². The average molecular weight is 348 g/mol. The fraction of sp³-hybridized carbons (Fsp3) is 0.200. The van der Waals surface area contributed by atoms with Crippen LogP contribution in [0.3, 0.4) is 0 Å². The maximum atomic E-state index is 4.75. The molecule has 0 aliphatic carbocycles. The van der Waals surface area contributed by atoms with Gasteiger partial charge in [0.05, 0.1) is 29.0 Å². The van der Waals surface area contributed by atoms with Crippen LogP contribution >= 0.6 is 27.3 Å². The Morgan fingerprint density at radius 1 is 1.25 bits per heavy atom. The molecule has 20 heavy (non-hydrogen) atoms. The molecule has 5 heteroatoms. The molecule has 1 unspecified atom stereocenters. The molecule has 0 saturated carbocycles. The maximum Gasteiger partial charge on any atom is 0.0890 e. The number of hydrogen-bond acceptors (Lipinski definition) is 4. The molecule has 0 fully saturated rings. The Morgan fingerprint density at radius 3 is 2.75 bits per heavy atom. The van der Waals surface area contributed by atoms with Crippen LogP contribution in [0.5, 0.6) is 0 Å². The van der Waals surface area contributed by atoms with Crippen LogP contribution in [0.25, 0.3) is 11.0 Å². The van der Waals surface area contributed by atoms with E-state index in [2.05, 4.69) is 43.9 Å². The molecule has 2 heterocycles. The predicted molar refractivity (Wildman–Crippen MR) is 87.1 cm³/mol. The van der Waals surface area contributed by atoms with Gasteiger partial charge >= 0.3 is 0 Å². The first-order valence-corrected chi connectivity index (χ1v) is 8.20. The van der Waals surface area contributed by atoms with Crippen LogP contribution in [0.4, 0.5) is 0 Å². The van der Waals surface area contributed by atoms with Crippen LogP contribution in [-0.4, -0.2) is 16.5 Å². The number of para-hydroxylation sites is 2. The third kappa shape index (κ3) is 2.61. The van der Waals surface area contributed by atoms with Crippen molar-refractivity contribution >= 4 is 38.3 Å². The molecule has 1 aromatic carbocycles. The average Bonchev–Trinajstić information content (AvgIpc) is 2.90. The molecule has 3 rings (SSSR count). The van der Waals surface area contributed by atoms with Gasteiger partial charge in [0.15, 0.2) is 0 Å². The summed E-state index contributed by atoms with van der Waals surface area (Å²) in [5.74, 6) is 0. The zero-order valence-corrected chi connectivity index (χ0v) is 13.4. The zero-order chi connectivity index (χ0) is 13.9. The fourth-order valence-corrected chi connectivity index (χ4v) is 3.74. The first-order chi connectivity index (χ1) is 9.79. The minimum atomic E-state index is 0.0673. The number of thiophene rings is 1. The standard InChI is InChI=1S/C15H14BrN3S/c1-2-17-15(10-8-20-9-11(10)16)14-7-18-12-5-3-4-6-13(12)19-14/h3-9,15,17H,2H2,1H3. The summed E-state index contributed by atoms with van der Waals surface area (Å²) in [6, 6.07) is 8.02. The molecule has 3 aromatic rings. The Hall–Kier alpha value is -1.30. The highest BCUT2D eigenvalue weighted by molar-refractivity contribution is 9.10. The van der Waals surface area contributed by atoms with Gasteiger partial charge in [-0.1, -0.05) is 19.1 Å². The number of nitrogens with one attached hydrogen (secondary N) is 1. The SMILES string of the molecule is CCNC(c1cnc2ccccc2n1)c1cscc1Br. The molecule has 2 aromatic heterocycles.